The summed E-state index contributed by atoms with van der Waals surface area (Å²) < 4.78 is 0. The van der Waals surface area contributed by atoms with Crippen LogP contribution in [0.5, 0.6) is 0 Å². The zero-order chi connectivity index (χ0) is 13.2. The Bertz CT molecular complexity index is 278. The van der Waals surface area contributed by atoms with Crippen molar-refractivity contribution in [2.75, 3.05) is 27.2 Å². The van der Waals surface area contributed by atoms with Crippen molar-refractivity contribution in [1.82, 2.24) is 15.1 Å². The molecule has 1 rings (SSSR count). The Morgan fingerprint density at radius 3 is 2.59 bits per heavy atom. The van der Waals surface area contributed by atoms with E-state index in [4.69, 9.17) is 0 Å². The van der Waals surface area contributed by atoms with Gasteiger partial charge in [0.25, 0.3) is 0 Å². The third-order valence-electron chi connectivity index (χ3n) is 3.77. The van der Waals surface area contributed by atoms with E-state index in [9.17, 15) is 4.79 Å². The monoisotopic (exact) mass is 241 g/mol. The van der Waals surface area contributed by atoms with Gasteiger partial charge < -0.3 is 10.2 Å². The summed E-state index contributed by atoms with van der Waals surface area (Å²) in [6.45, 7) is 10.2. The highest BCUT2D eigenvalue weighted by Gasteiger charge is 2.44. The molecule has 4 heteroatoms. The van der Waals surface area contributed by atoms with Crippen LogP contribution < -0.4 is 5.32 Å². The van der Waals surface area contributed by atoms with Crippen molar-refractivity contribution in [1.29, 1.82) is 0 Å². The van der Waals surface area contributed by atoms with Crippen molar-refractivity contribution < 1.29 is 4.79 Å². The molecule has 17 heavy (non-hydrogen) atoms. The molecular weight excluding hydrogens is 214 g/mol. The van der Waals surface area contributed by atoms with Crippen molar-refractivity contribution in [2.45, 2.75) is 51.7 Å². The summed E-state index contributed by atoms with van der Waals surface area (Å²) in [4.78, 5) is 16.8. The van der Waals surface area contributed by atoms with Gasteiger partial charge in [-0.2, -0.15) is 0 Å². The highest BCUT2D eigenvalue weighted by molar-refractivity contribution is 5.84. The van der Waals surface area contributed by atoms with E-state index in [1.807, 2.05) is 14.1 Å². The smallest absolute Gasteiger partial charge is 0.241 e. The molecule has 0 radical (unpaired) electrons. The molecule has 1 amide bonds. The van der Waals surface area contributed by atoms with E-state index >= 15 is 0 Å². The Hall–Kier alpha value is -0.610. The SMILES string of the molecule is CCC(C)N1C(=O)C(CNC)N(C)CC1(C)C. The van der Waals surface area contributed by atoms with E-state index in [-0.39, 0.29) is 17.5 Å². The van der Waals surface area contributed by atoms with Crippen LogP contribution in [0.25, 0.3) is 0 Å². The van der Waals surface area contributed by atoms with Crippen LogP contribution in [-0.2, 0) is 4.79 Å². The van der Waals surface area contributed by atoms with Crippen LogP contribution in [0, 0.1) is 0 Å². The minimum absolute atomic E-state index is 0.0259. The Labute approximate surface area is 105 Å². The molecule has 1 fully saturated rings. The van der Waals surface area contributed by atoms with Crippen LogP contribution in [0.15, 0.2) is 0 Å². The minimum Gasteiger partial charge on any atom is -0.332 e. The molecule has 1 aliphatic heterocycles. The van der Waals surface area contributed by atoms with E-state index < -0.39 is 0 Å². The van der Waals surface area contributed by atoms with Gasteiger partial charge in [-0.25, -0.2) is 0 Å². The van der Waals surface area contributed by atoms with Gasteiger partial charge in [-0.3, -0.25) is 9.69 Å². The highest BCUT2D eigenvalue weighted by Crippen LogP contribution is 2.27. The Kier molecular flexibility index (Phi) is 4.55. The molecule has 0 aromatic carbocycles. The molecule has 0 aromatic heterocycles. The van der Waals surface area contributed by atoms with Gasteiger partial charge in [-0.15, -0.1) is 0 Å². The predicted octanol–water partition coefficient (Wildman–Crippen LogP) is 0.926. The van der Waals surface area contributed by atoms with Crippen LogP contribution in [-0.4, -0.2) is 60.5 Å². The van der Waals surface area contributed by atoms with Crippen LogP contribution in [0.1, 0.15) is 34.1 Å². The summed E-state index contributed by atoms with van der Waals surface area (Å²) in [5.74, 6) is 0.257. The molecule has 100 valence electrons. The molecule has 0 spiro atoms. The second-order valence-electron chi connectivity index (χ2n) is 5.77. The van der Waals surface area contributed by atoms with Gasteiger partial charge >= 0.3 is 0 Å². The number of carbonyl (C=O) groups excluding carboxylic acids is 1. The Morgan fingerprint density at radius 2 is 2.12 bits per heavy atom. The number of likely N-dealkylation sites (N-methyl/N-ethyl adjacent to an activating group) is 2. The van der Waals surface area contributed by atoms with Crippen LogP contribution in [0.2, 0.25) is 0 Å². The van der Waals surface area contributed by atoms with Gasteiger partial charge in [0.05, 0.1) is 5.54 Å². The van der Waals surface area contributed by atoms with Gasteiger partial charge in [-0.05, 0) is 41.3 Å². The lowest BCUT2D eigenvalue weighted by molar-refractivity contribution is -0.154. The molecule has 1 saturated heterocycles. The second kappa shape index (κ2) is 5.36. The topological polar surface area (TPSA) is 35.6 Å². The standard InChI is InChI=1S/C13H27N3O/c1-7-10(2)16-12(17)11(8-14-5)15(6)9-13(16,3)4/h10-11,14H,7-9H2,1-6H3. The maximum atomic E-state index is 12.6. The zero-order valence-corrected chi connectivity index (χ0v) is 12.1. The maximum Gasteiger partial charge on any atom is 0.241 e. The molecule has 1 aliphatic rings. The fourth-order valence-corrected chi connectivity index (χ4v) is 2.88. The lowest BCUT2D eigenvalue weighted by Gasteiger charge is -2.52. The van der Waals surface area contributed by atoms with Crippen molar-refractivity contribution in [3.63, 3.8) is 0 Å². The maximum absolute atomic E-state index is 12.6. The van der Waals surface area contributed by atoms with Gasteiger partial charge in [0, 0.05) is 19.1 Å². The minimum atomic E-state index is -0.0779. The van der Waals surface area contributed by atoms with Crippen molar-refractivity contribution >= 4 is 5.91 Å². The number of nitrogens with one attached hydrogen (secondary N) is 1. The van der Waals surface area contributed by atoms with Crippen molar-refractivity contribution in [2.24, 2.45) is 0 Å². The predicted molar refractivity (Wildman–Crippen MR) is 71.0 cm³/mol. The number of rotatable bonds is 4. The second-order valence-corrected chi connectivity index (χ2v) is 5.77. The highest BCUT2D eigenvalue weighted by atomic mass is 16.2. The Balaban J connectivity index is 2.96. The average molecular weight is 241 g/mol. The first-order valence-corrected chi connectivity index (χ1v) is 6.53. The lowest BCUT2D eigenvalue weighted by Crippen LogP contribution is -2.68. The fraction of sp³-hybridized carbons (Fsp3) is 0.923. The molecule has 2 unspecified atom stereocenters. The van der Waals surface area contributed by atoms with Gasteiger partial charge in [0.15, 0.2) is 0 Å². The molecule has 0 bridgehead atoms. The summed E-state index contributed by atoms with van der Waals surface area (Å²) in [7, 11) is 3.93. The van der Waals surface area contributed by atoms with Crippen molar-refractivity contribution in [3.8, 4) is 0 Å². The third kappa shape index (κ3) is 2.80. The van der Waals surface area contributed by atoms with Gasteiger partial charge in [-0.1, -0.05) is 6.92 Å². The first-order valence-electron chi connectivity index (χ1n) is 6.53. The van der Waals surface area contributed by atoms with Crippen LogP contribution >= 0.6 is 0 Å². The van der Waals surface area contributed by atoms with Crippen LogP contribution in [0.3, 0.4) is 0 Å². The van der Waals surface area contributed by atoms with E-state index in [2.05, 4.69) is 42.8 Å². The largest absolute Gasteiger partial charge is 0.332 e. The molecule has 0 saturated carbocycles. The fourth-order valence-electron chi connectivity index (χ4n) is 2.88. The summed E-state index contributed by atoms with van der Waals surface area (Å²) in [5, 5.41) is 3.11. The van der Waals surface area contributed by atoms with E-state index in [0.29, 0.717) is 6.04 Å². The number of carbonyl (C=O) groups is 1. The summed E-state index contributed by atoms with van der Waals surface area (Å²) >= 11 is 0. The first kappa shape index (κ1) is 14.5. The molecule has 1 heterocycles. The average Bonchev–Trinajstić information content (AvgIpc) is 2.22. The Morgan fingerprint density at radius 1 is 1.53 bits per heavy atom. The van der Waals surface area contributed by atoms with Gasteiger partial charge in [0.1, 0.15) is 6.04 Å². The number of amides is 1. The normalized spacial score (nSPS) is 27.3. The molecule has 2 atom stereocenters. The number of hydrogen-bond acceptors (Lipinski definition) is 3. The molecule has 0 aliphatic carbocycles. The van der Waals surface area contributed by atoms with Crippen LogP contribution in [0.4, 0.5) is 0 Å². The lowest BCUT2D eigenvalue weighted by atomic mass is 9.92. The summed E-state index contributed by atoms with van der Waals surface area (Å²) in [5.41, 5.74) is -0.0779. The number of piperazine rings is 1. The molecular formula is C13H27N3O. The summed E-state index contributed by atoms with van der Waals surface area (Å²) in [6.07, 6.45) is 1.01. The quantitative estimate of drug-likeness (QED) is 0.795. The van der Waals surface area contributed by atoms with E-state index in [1.165, 1.54) is 0 Å². The number of nitrogens with zero attached hydrogens (tertiary/aromatic N) is 2. The first-order chi connectivity index (χ1) is 7.85. The zero-order valence-electron chi connectivity index (χ0n) is 12.1. The molecule has 1 N–H and O–H groups in total. The van der Waals surface area contributed by atoms with E-state index in [1.54, 1.807) is 0 Å². The number of hydrogen-bond donors (Lipinski definition) is 1. The molecule has 4 nitrogen and oxygen atoms in total. The van der Waals surface area contributed by atoms with E-state index in [0.717, 1.165) is 19.5 Å². The molecule has 0 aromatic rings. The van der Waals surface area contributed by atoms with Crippen molar-refractivity contribution in [3.05, 3.63) is 0 Å². The van der Waals surface area contributed by atoms with Gasteiger partial charge in [0.2, 0.25) is 5.91 Å². The summed E-state index contributed by atoms with van der Waals surface area (Å²) in [6, 6.07) is 0.285. The third-order valence-corrected chi connectivity index (χ3v) is 3.77.